The molecule has 2 saturated heterocycles. The number of benzene rings is 1. The molecule has 1 aromatic carbocycles. The van der Waals surface area contributed by atoms with Gasteiger partial charge in [0, 0.05) is 11.1 Å². The number of anilines is 1. The number of quaternary nitrogens is 1. The van der Waals surface area contributed by atoms with Crippen LogP contribution in [0.1, 0.15) is 38.8 Å². The lowest BCUT2D eigenvalue weighted by Crippen LogP contribution is -2.98. The molecule has 3 aliphatic rings. The van der Waals surface area contributed by atoms with Crippen LogP contribution < -0.4 is 10.6 Å². The summed E-state index contributed by atoms with van der Waals surface area (Å²) in [5, 5.41) is 4.86. The predicted molar refractivity (Wildman–Crippen MR) is 91.5 cm³/mol. The van der Waals surface area contributed by atoms with Gasteiger partial charge in [-0.2, -0.15) is 0 Å². The molecule has 0 aromatic heterocycles. The SMILES string of the molecule is Cc1ccc2c(c1)[C@]1([NH2+][C@@H](C)[C@H]3C(=O)N(C(C)(C)C)C(=O)[C@H]31)C(=O)N2. The van der Waals surface area contributed by atoms with Crippen molar-refractivity contribution < 1.29 is 19.7 Å². The standard InChI is InChI=1S/C19H23N3O3/c1-9-6-7-12-11(8-9)19(17(25)20-12)14-13(10(2)21-19)15(23)22(16(14)24)18(3,4)5/h6-8,10,13-14,21H,1-5H3,(H,20,25)/p+1/t10-,13+,14-,19+/m0/s1. The molecule has 0 unspecified atom stereocenters. The van der Waals surface area contributed by atoms with Gasteiger partial charge in [-0.1, -0.05) is 11.6 Å². The van der Waals surface area contributed by atoms with Gasteiger partial charge >= 0.3 is 0 Å². The van der Waals surface area contributed by atoms with Gasteiger partial charge in [-0.3, -0.25) is 19.3 Å². The summed E-state index contributed by atoms with van der Waals surface area (Å²) < 4.78 is 0. The van der Waals surface area contributed by atoms with Gasteiger partial charge in [-0.25, -0.2) is 0 Å². The van der Waals surface area contributed by atoms with Crippen molar-refractivity contribution in [2.45, 2.75) is 51.7 Å². The maximum absolute atomic E-state index is 13.3. The van der Waals surface area contributed by atoms with E-state index in [0.717, 1.165) is 16.8 Å². The Morgan fingerprint density at radius 2 is 1.84 bits per heavy atom. The Morgan fingerprint density at radius 3 is 2.48 bits per heavy atom. The lowest BCUT2D eigenvalue weighted by atomic mass is 9.76. The molecule has 0 saturated carbocycles. The van der Waals surface area contributed by atoms with Gasteiger partial charge in [0.25, 0.3) is 5.91 Å². The molecular formula is C19H24N3O3+. The molecule has 6 nitrogen and oxygen atoms in total. The lowest BCUT2D eigenvalue weighted by Gasteiger charge is -2.33. The van der Waals surface area contributed by atoms with Crippen molar-refractivity contribution in [3.05, 3.63) is 29.3 Å². The first-order valence-corrected chi connectivity index (χ1v) is 8.75. The number of nitrogens with zero attached hydrogens (tertiary/aromatic N) is 1. The van der Waals surface area contributed by atoms with Crippen LogP contribution in [0.2, 0.25) is 0 Å². The van der Waals surface area contributed by atoms with Crippen LogP contribution in [0.25, 0.3) is 0 Å². The van der Waals surface area contributed by atoms with Crippen molar-refractivity contribution >= 4 is 23.4 Å². The van der Waals surface area contributed by atoms with E-state index in [1.807, 2.05) is 58.1 Å². The van der Waals surface area contributed by atoms with Crippen molar-refractivity contribution in [2.75, 3.05) is 5.32 Å². The summed E-state index contributed by atoms with van der Waals surface area (Å²) in [5.41, 5.74) is 0.966. The van der Waals surface area contributed by atoms with Crippen molar-refractivity contribution in [3.63, 3.8) is 0 Å². The summed E-state index contributed by atoms with van der Waals surface area (Å²) in [7, 11) is 0. The van der Waals surface area contributed by atoms with Crippen LogP contribution in [-0.4, -0.2) is 34.2 Å². The molecule has 0 aliphatic carbocycles. The number of nitrogens with one attached hydrogen (secondary N) is 1. The Hall–Kier alpha value is -2.21. The first-order chi connectivity index (χ1) is 11.6. The van der Waals surface area contributed by atoms with Crippen LogP contribution >= 0.6 is 0 Å². The zero-order valence-electron chi connectivity index (χ0n) is 15.2. The molecule has 4 atom stereocenters. The number of likely N-dealkylation sites (tertiary alicyclic amines) is 1. The summed E-state index contributed by atoms with van der Waals surface area (Å²) in [5.74, 6) is -1.70. The van der Waals surface area contributed by atoms with E-state index >= 15 is 0 Å². The highest BCUT2D eigenvalue weighted by molar-refractivity contribution is 6.14. The zero-order chi connectivity index (χ0) is 18.3. The van der Waals surface area contributed by atoms with Gasteiger partial charge in [0.05, 0.1) is 11.7 Å². The molecule has 3 heterocycles. The van der Waals surface area contributed by atoms with Crippen LogP contribution in [0, 0.1) is 18.8 Å². The number of hydrogen-bond acceptors (Lipinski definition) is 3. The smallest absolute Gasteiger partial charge is 0.291 e. The Kier molecular flexibility index (Phi) is 3.06. The maximum Gasteiger partial charge on any atom is 0.291 e. The van der Waals surface area contributed by atoms with Crippen LogP contribution in [0.3, 0.4) is 0 Å². The van der Waals surface area contributed by atoms with Gasteiger partial charge < -0.3 is 10.6 Å². The third-order valence-electron chi connectivity index (χ3n) is 5.85. The normalized spacial score (nSPS) is 33.9. The van der Waals surface area contributed by atoms with E-state index in [0.29, 0.717) is 0 Å². The molecule has 3 aliphatic heterocycles. The van der Waals surface area contributed by atoms with Gasteiger partial charge in [-0.05, 0) is 46.8 Å². The molecule has 6 heteroatoms. The minimum atomic E-state index is -1.04. The fraction of sp³-hybridized carbons (Fsp3) is 0.526. The van der Waals surface area contributed by atoms with E-state index in [-0.39, 0.29) is 23.8 Å². The molecular weight excluding hydrogens is 318 g/mol. The first kappa shape index (κ1) is 16.3. The fourth-order valence-electron chi connectivity index (χ4n) is 4.91. The molecule has 1 spiro atoms. The number of fused-ring (bicyclic) bond motifs is 4. The van der Waals surface area contributed by atoms with Crippen LogP contribution in [-0.2, 0) is 19.9 Å². The van der Waals surface area contributed by atoms with Crippen molar-refractivity contribution in [3.8, 4) is 0 Å². The molecule has 0 bridgehead atoms. The average molecular weight is 342 g/mol. The molecule has 132 valence electrons. The number of amides is 3. The quantitative estimate of drug-likeness (QED) is 0.674. The number of aryl methyl sites for hydroxylation is 1. The number of carbonyl (C=O) groups is 3. The summed E-state index contributed by atoms with van der Waals surface area (Å²) in [6, 6.07) is 5.66. The second-order valence-corrected chi connectivity index (χ2v) is 8.58. The van der Waals surface area contributed by atoms with Gasteiger partial charge in [0.15, 0.2) is 0 Å². The van der Waals surface area contributed by atoms with E-state index in [4.69, 9.17) is 0 Å². The number of rotatable bonds is 0. The van der Waals surface area contributed by atoms with Crippen molar-refractivity contribution in [1.82, 2.24) is 4.90 Å². The Bertz CT molecular complexity index is 826. The van der Waals surface area contributed by atoms with E-state index in [1.54, 1.807) is 0 Å². The second kappa shape index (κ2) is 4.69. The zero-order valence-corrected chi connectivity index (χ0v) is 15.2. The highest BCUT2D eigenvalue weighted by Gasteiger charge is 2.74. The second-order valence-electron chi connectivity index (χ2n) is 8.58. The lowest BCUT2D eigenvalue weighted by molar-refractivity contribution is -0.730. The molecule has 1 aromatic rings. The molecule has 2 fully saturated rings. The van der Waals surface area contributed by atoms with E-state index in [9.17, 15) is 14.4 Å². The number of imide groups is 1. The van der Waals surface area contributed by atoms with Crippen LogP contribution in [0.4, 0.5) is 5.69 Å². The average Bonchev–Trinajstić information content (AvgIpc) is 3.04. The maximum atomic E-state index is 13.3. The number of carbonyl (C=O) groups excluding carboxylic acids is 3. The first-order valence-electron chi connectivity index (χ1n) is 8.75. The Morgan fingerprint density at radius 1 is 1.16 bits per heavy atom. The minimum absolute atomic E-state index is 0.133. The fourth-order valence-corrected chi connectivity index (χ4v) is 4.91. The van der Waals surface area contributed by atoms with Crippen LogP contribution in [0.15, 0.2) is 18.2 Å². The summed E-state index contributed by atoms with van der Waals surface area (Å²) in [4.78, 5) is 40.7. The van der Waals surface area contributed by atoms with E-state index in [1.165, 1.54) is 4.90 Å². The van der Waals surface area contributed by atoms with Gasteiger partial charge in [0.2, 0.25) is 17.4 Å². The highest BCUT2D eigenvalue weighted by Crippen LogP contribution is 2.50. The van der Waals surface area contributed by atoms with Gasteiger partial charge in [0.1, 0.15) is 11.8 Å². The third-order valence-corrected chi connectivity index (χ3v) is 5.85. The van der Waals surface area contributed by atoms with Crippen molar-refractivity contribution in [2.24, 2.45) is 11.8 Å². The Labute approximate surface area is 147 Å². The van der Waals surface area contributed by atoms with E-state index < -0.39 is 22.9 Å². The Balaban J connectivity index is 1.92. The topological polar surface area (TPSA) is 83.1 Å². The largest absolute Gasteiger partial charge is 0.326 e. The molecule has 0 radical (unpaired) electrons. The summed E-state index contributed by atoms with van der Waals surface area (Å²) in [6.07, 6.45) is 0. The third kappa shape index (κ3) is 1.86. The number of hydrogen-bond donors (Lipinski definition) is 2. The summed E-state index contributed by atoms with van der Waals surface area (Å²) in [6.45, 7) is 9.48. The molecule has 3 amide bonds. The molecule has 3 N–H and O–H groups in total. The van der Waals surface area contributed by atoms with E-state index in [2.05, 4.69) is 5.32 Å². The number of nitrogens with two attached hydrogens (primary N) is 1. The molecule has 25 heavy (non-hydrogen) atoms. The summed E-state index contributed by atoms with van der Waals surface area (Å²) >= 11 is 0. The predicted octanol–water partition coefficient (Wildman–Crippen LogP) is 0.508. The van der Waals surface area contributed by atoms with Crippen LogP contribution in [0.5, 0.6) is 0 Å². The minimum Gasteiger partial charge on any atom is -0.326 e. The monoisotopic (exact) mass is 342 g/mol. The van der Waals surface area contributed by atoms with Crippen molar-refractivity contribution in [1.29, 1.82) is 0 Å². The molecule has 4 rings (SSSR count). The van der Waals surface area contributed by atoms with Gasteiger partial charge in [-0.15, -0.1) is 0 Å². The highest BCUT2D eigenvalue weighted by atomic mass is 16.2.